The Labute approximate surface area is 220 Å². The molecule has 2 amide bonds. The quantitative estimate of drug-likeness (QED) is 0.141. The van der Waals surface area contributed by atoms with E-state index in [1.54, 1.807) is 74.7 Å². The lowest BCUT2D eigenvalue weighted by molar-refractivity contribution is 0.0739. The van der Waals surface area contributed by atoms with Gasteiger partial charge in [-0.05, 0) is 80.2 Å². The zero-order valence-electron chi connectivity index (χ0n) is 21.1. The number of anilines is 2. The highest BCUT2D eigenvalue weighted by Gasteiger charge is 2.15. The summed E-state index contributed by atoms with van der Waals surface area (Å²) in [4.78, 5) is 29.7. The highest BCUT2D eigenvalue weighted by atomic mass is 32.2. The number of nitrogen functional groups attached to an aromatic ring is 1. The van der Waals surface area contributed by atoms with Gasteiger partial charge in [0.05, 0.1) is 5.60 Å². The molecule has 3 aromatic carbocycles. The summed E-state index contributed by atoms with van der Waals surface area (Å²) in [5.74, 6) is -0.842. The lowest BCUT2D eigenvalue weighted by Crippen LogP contribution is -2.19. The van der Waals surface area contributed by atoms with Crippen LogP contribution in [-0.2, 0) is 0 Å². The number of aliphatic hydroxyl groups is 2. The number of amides is 2. The first-order chi connectivity index (χ1) is 17.6. The molecule has 0 saturated carbocycles. The van der Waals surface area contributed by atoms with Crippen molar-refractivity contribution in [3.05, 3.63) is 77.4 Å². The zero-order chi connectivity index (χ0) is 27.6. The minimum absolute atomic E-state index is 0.314. The molecule has 0 saturated heterocycles. The molecule has 0 aliphatic rings. The summed E-state index contributed by atoms with van der Waals surface area (Å²) in [6.07, 6.45) is 2.12. The van der Waals surface area contributed by atoms with Crippen molar-refractivity contribution in [2.75, 3.05) is 24.7 Å². The number of aliphatic hydroxyl groups excluding tert-OH is 1. The van der Waals surface area contributed by atoms with E-state index in [4.69, 9.17) is 21.7 Å². The number of carbonyl (C=O) groups excluding carboxylic acids is 2. The molecule has 0 aromatic heterocycles. The summed E-state index contributed by atoms with van der Waals surface area (Å²) in [6.45, 7) is 3.87. The third-order valence-corrected chi connectivity index (χ3v) is 5.79. The van der Waals surface area contributed by atoms with Crippen molar-refractivity contribution in [3.63, 3.8) is 0 Å². The van der Waals surface area contributed by atoms with E-state index in [-0.39, 0.29) is 5.91 Å². The highest BCUT2D eigenvalue weighted by Crippen LogP contribution is 2.33. The smallest absolute Gasteiger partial charge is 0.255 e. The average Bonchev–Trinajstić information content (AvgIpc) is 2.88. The van der Waals surface area contributed by atoms with Gasteiger partial charge < -0.3 is 27.0 Å². The van der Waals surface area contributed by atoms with Crippen LogP contribution in [0.5, 0.6) is 0 Å². The SMILES string of the molecule is CC(C)(O)CCN=Cc1cc(NC(=O)c2cccc(SN)c2)c(-c2ccc(C(N)=O)cc2)cc1N.CO. The van der Waals surface area contributed by atoms with Crippen molar-refractivity contribution in [1.29, 1.82) is 0 Å². The van der Waals surface area contributed by atoms with Crippen LogP contribution in [0.25, 0.3) is 11.1 Å². The van der Waals surface area contributed by atoms with Crippen molar-refractivity contribution >= 4 is 41.4 Å². The lowest BCUT2D eigenvalue weighted by Gasteiger charge is -2.16. The van der Waals surface area contributed by atoms with Crippen LogP contribution in [-0.4, -0.2) is 47.5 Å². The standard InChI is InChI=1S/C26H29N5O3S.CH4O/c1-26(2,34)10-11-30-15-19-13-23(31-25(33)18-4-3-5-20(12-18)35-29)21(14-22(19)27)16-6-8-17(9-7-16)24(28)32;1-2/h3-9,12-15,34H,10-11,27,29H2,1-2H3,(H2,28,32)(H,31,33);2H,1H3. The molecule has 0 unspecified atom stereocenters. The molecule has 196 valence electrons. The van der Waals surface area contributed by atoms with Crippen LogP contribution in [0.2, 0.25) is 0 Å². The van der Waals surface area contributed by atoms with E-state index in [2.05, 4.69) is 10.3 Å². The number of hydrogen-bond donors (Lipinski definition) is 6. The van der Waals surface area contributed by atoms with Crippen molar-refractivity contribution in [1.82, 2.24) is 0 Å². The number of nitrogens with zero attached hydrogens (tertiary/aromatic N) is 1. The van der Waals surface area contributed by atoms with Crippen LogP contribution in [0, 0.1) is 0 Å². The van der Waals surface area contributed by atoms with Gasteiger partial charge in [-0.2, -0.15) is 0 Å². The minimum Gasteiger partial charge on any atom is -0.400 e. The van der Waals surface area contributed by atoms with E-state index in [1.807, 2.05) is 6.07 Å². The van der Waals surface area contributed by atoms with Crippen LogP contribution in [0.4, 0.5) is 11.4 Å². The van der Waals surface area contributed by atoms with E-state index in [0.717, 1.165) is 29.5 Å². The second-order valence-corrected chi connectivity index (χ2v) is 9.37. The topological polar surface area (TPSA) is 177 Å². The molecular weight excluding hydrogens is 490 g/mol. The first-order valence-corrected chi connectivity index (χ1v) is 12.2. The van der Waals surface area contributed by atoms with E-state index >= 15 is 0 Å². The van der Waals surface area contributed by atoms with E-state index in [0.29, 0.717) is 46.6 Å². The molecule has 9 nitrogen and oxygen atoms in total. The zero-order valence-corrected chi connectivity index (χ0v) is 21.9. The van der Waals surface area contributed by atoms with Gasteiger partial charge >= 0.3 is 0 Å². The van der Waals surface area contributed by atoms with Gasteiger partial charge in [0.25, 0.3) is 5.91 Å². The molecule has 3 aromatic rings. The third kappa shape index (κ3) is 8.72. The lowest BCUT2D eigenvalue weighted by atomic mass is 9.98. The Bertz CT molecular complexity index is 1250. The van der Waals surface area contributed by atoms with Gasteiger partial charge in [-0.15, -0.1) is 0 Å². The number of nitrogens with two attached hydrogens (primary N) is 3. The number of nitrogens with one attached hydrogen (secondary N) is 1. The molecule has 0 aliphatic carbocycles. The van der Waals surface area contributed by atoms with Gasteiger partial charge in [-0.25, -0.2) is 0 Å². The largest absolute Gasteiger partial charge is 0.400 e. The first-order valence-electron chi connectivity index (χ1n) is 11.4. The van der Waals surface area contributed by atoms with Crippen LogP contribution in [0.3, 0.4) is 0 Å². The Morgan fingerprint density at radius 3 is 2.32 bits per heavy atom. The summed E-state index contributed by atoms with van der Waals surface area (Å²) in [5, 5.41) is 25.5. The Morgan fingerprint density at radius 2 is 1.73 bits per heavy atom. The Kier molecular flexibility index (Phi) is 10.8. The van der Waals surface area contributed by atoms with Gasteiger partial charge in [0.15, 0.2) is 0 Å². The molecule has 0 radical (unpaired) electrons. The summed E-state index contributed by atoms with van der Waals surface area (Å²) >= 11 is 1.06. The van der Waals surface area contributed by atoms with Crippen molar-refractivity contribution in [3.8, 4) is 11.1 Å². The number of benzene rings is 3. The Morgan fingerprint density at radius 1 is 1.05 bits per heavy atom. The van der Waals surface area contributed by atoms with Crippen LogP contribution in [0.1, 0.15) is 46.5 Å². The molecule has 0 fully saturated rings. The maximum atomic E-state index is 13.1. The number of carbonyl (C=O) groups is 2. The first kappa shape index (κ1) is 29.5. The second-order valence-electron chi connectivity index (χ2n) is 8.67. The second kappa shape index (κ2) is 13.6. The van der Waals surface area contributed by atoms with Crippen molar-refractivity contribution < 1.29 is 19.8 Å². The number of rotatable bonds is 9. The van der Waals surface area contributed by atoms with Gasteiger partial charge in [0, 0.05) is 58.4 Å². The maximum absolute atomic E-state index is 13.1. The molecule has 0 atom stereocenters. The third-order valence-electron chi connectivity index (χ3n) is 5.27. The fourth-order valence-electron chi connectivity index (χ4n) is 3.31. The highest BCUT2D eigenvalue weighted by molar-refractivity contribution is 7.97. The molecule has 9 N–H and O–H groups in total. The van der Waals surface area contributed by atoms with Crippen molar-refractivity contribution in [2.45, 2.75) is 30.8 Å². The van der Waals surface area contributed by atoms with Gasteiger partial charge in [-0.1, -0.05) is 18.2 Å². The molecule has 0 spiro atoms. The van der Waals surface area contributed by atoms with Gasteiger partial charge in [0.1, 0.15) is 0 Å². The molecule has 0 heterocycles. The Hall–Kier alpha value is -3.70. The number of hydrogen-bond acceptors (Lipinski definition) is 8. The monoisotopic (exact) mass is 523 g/mol. The fraction of sp³-hybridized carbons (Fsp3) is 0.222. The summed E-state index contributed by atoms with van der Waals surface area (Å²) in [5.41, 5.74) is 14.7. The predicted octanol–water partition coefficient (Wildman–Crippen LogP) is 3.44. The van der Waals surface area contributed by atoms with E-state index in [1.165, 1.54) is 0 Å². The van der Waals surface area contributed by atoms with Crippen LogP contribution >= 0.6 is 11.9 Å². The van der Waals surface area contributed by atoms with Crippen LogP contribution < -0.4 is 21.9 Å². The van der Waals surface area contributed by atoms with E-state index in [9.17, 15) is 14.7 Å². The van der Waals surface area contributed by atoms with E-state index < -0.39 is 11.5 Å². The minimum atomic E-state index is -0.820. The number of primary amides is 1. The normalized spacial score (nSPS) is 11.1. The van der Waals surface area contributed by atoms with Gasteiger partial charge in [0.2, 0.25) is 5.91 Å². The van der Waals surface area contributed by atoms with Crippen molar-refractivity contribution in [2.24, 2.45) is 15.9 Å². The molecule has 0 bridgehead atoms. The maximum Gasteiger partial charge on any atom is 0.255 e. The Balaban J connectivity index is 0.00000235. The molecule has 3 rings (SSSR count). The number of aliphatic imine (C=N–C) groups is 1. The van der Waals surface area contributed by atoms with Gasteiger partial charge in [-0.3, -0.25) is 19.7 Å². The summed E-state index contributed by atoms with van der Waals surface area (Å²) < 4.78 is 0. The molecule has 10 heteroatoms. The molecule has 37 heavy (non-hydrogen) atoms. The summed E-state index contributed by atoms with van der Waals surface area (Å²) in [7, 11) is 1.00. The average molecular weight is 524 g/mol. The summed E-state index contributed by atoms with van der Waals surface area (Å²) in [6, 6.07) is 17.2. The van der Waals surface area contributed by atoms with Crippen LogP contribution in [0.15, 0.2) is 70.6 Å². The predicted molar refractivity (Wildman–Crippen MR) is 151 cm³/mol. The molecular formula is C27H33N5O4S. The molecule has 0 aliphatic heterocycles. The fourth-order valence-corrected chi connectivity index (χ4v) is 3.66.